The Morgan fingerprint density at radius 1 is 1.64 bits per heavy atom. The molecule has 1 aromatic heterocycles. The third kappa shape index (κ3) is 2.01. The van der Waals surface area contributed by atoms with E-state index in [-0.39, 0.29) is 22.6 Å². The number of aromatic nitrogens is 1. The zero-order valence-electron chi connectivity index (χ0n) is 7.54. The van der Waals surface area contributed by atoms with Crippen molar-refractivity contribution in [3.8, 4) is 5.75 Å². The van der Waals surface area contributed by atoms with Gasteiger partial charge in [-0.1, -0.05) is 0 Å². The molecule has 1 rings (SSSR count). The van der Waals surface area contributed by atoms with Crippen LogP contribution < -0.4 is 16.0 Å². The Hall–Kier alpha value is -1.59. The summed E-state index contributed by atoms with van der Waals surface area (Å²) in [7, 11) is 0. The lowest BCUT2D eigenvalue weighted by Crippen LogP contribution is -2.22. The highest BCUT2D eigenvalue weighted by atomic mass is 19.3. The largest absolute Gasteiger partial charge is 0.488 e. The summed E-state index contributed by atoms with van der Waals surface area (Å²) < 4.78 is 29.7. The molecule has 0 radical (unpaired) electrons. The first-order valence-electron chi connectivity index (χ1n) is 3.99. The summed E-state index contributed by atoms with van der Waals surface area (Å²) in [5.41, 5.74) is 4.51. The number of hydrogen-bond acceptors (Lipinski definition) is 3. The molecule has 0 amide bonds. The average molecular weight is 204 g/mol. The fourth-order valence-electron chi connectivity index (χ4n) is 1.00. The van der Waals surface area contributed by atoms with Crippen molar-refractivity contribution in [1.29, 1.82) is 0 Å². The molecule has 4 nitrogen and oxygen atoms in total. The van der Waals surface area contributed by atoms with Crippen LogP contribution in [0.15, 0.2) is 17.1 Å². The third-order valence-electron chi connectivity index (χ3n) is 1.54. The minimum atomic E-state index is -2.91. The van der Waals surface area contributed by atoms with Crippen LogP contribution in [0.25, 0.3) is 0 Å². The molecule has 0 saturated carbocycles. The van der Waals surface area contributed by atoms with Gasteiger partial charge in [0.15, 0.2) is 5.75 Å². The van der Waals surface area contributed by atoms with E-state index in [0.29, 0.717) is 0 Å². The number of ether oxygens (including phenoxy) is 1. The number of nitrogen functional groups attached to an aromatic ring is 1. The summed E-state index contributed by atoms with van der Waals surface area (Å²) in [6.45, 7) is -1.04. The maximum absolute atomic E-state index is 12.3. The summed E-state index contributed by atoms with van der Waals surface area (Å²) in [4.78, 5) is 11.3. The lowest BCUT2D eigenvalue weighted by Gasteiger charge is -2.08. The molecular weight excluding hydrogens is 194 g/mol. The zero-order chi connectivity index (χ0) is 10.7. The molecule has 78 valence electrons. The fourth-order valence-corrected chi connectivity index (χ4v) is 1.00. The Kier molecular flexibility index (Phi) is 3.06. The average Bonchev–Trinajstić information content (AvgIpc) is 2.10. The van der Waals surface area contributed by atoms with Crippen LogP contribution in [0, 0.1) is 0 Å². The molecule has 0 atom stereocenters. The second-order valence-electron chi connectivity index (χ2n) is 2.56. The number of rotatable bonds is 3. The Morgan fingerprint density at radius 2 is 2.29 bits per heavy atom. The van der Waals surface area contributed by atoms with Gasteiger partial charge in [0.2, 0.25) is 0 Å². The first-order valence-corrected chi connectivity index (χ1v) is 3.99. The molecule has 14 heavy (non-hydrogen) atoms. The van der Waals surface area contributed by atoms with Gasteiger partial charge in [0.1, 0.15) is 0 Å². The van der Waals surface area contributed by atoms with Gasteiger partial charge in [0, 0.05) is 12.3 Å². The van der Waals surface area contributed by atoms with Gasteiger partial charge in [-0.15, -0.1) is 0 Å². The zero-order valence-corrected chi connectivity index (χ0v) is 7.54. The highest BCUT2D eigenvalue weighted by Gasteiger charge is 2.12. The monoisotopic (exact) mass is 204 g/mol. The fraction of sp³-hybridized carbons (Fsp3) is 0.375. The van der Waals surface area contributed by atoms with E-state index in [1.807, 2.05) is 0 Å². The number of nitrogens with zero attached hydrogens (tertiary/aromatic N) is 1. The molecule has 0 aliphatic rings. The van der Waals surface area contributed by atoms with Crippen molar-refractivity contribution >= 4 is 5.69 Å². The molecule has 0 aliphatic carbocycles. The molecule has 0 aromatic carbocycles. The van der Waals surface area contributed by atoms with Crippen molar-refractivity contribution in [3.05, 3.63) is 22.6 Å². The van der Waals surface area contributed by atoms with Gasteiger partial charge in [-0.05, 0) is 6.92 Å². The Bertz CT molecular complexity index is 376. The van der Waals surface area contributed by atoms with E-state index in [0.717, 1.165) is 6.20 Å². The molecule has 1 aromatic rings. The quantitative estimate of drug-likeness (QED) is 0.805. The van der Waals surface area contributed by atoms with E-state index in [9.17, 15) is 13.6 Å². The van der Waals surface area contributed by atoms with Crippen LogP contribution in [-0.2, 0) is 0 Å². The van der Waals surface area contributed by atoms with Crippen LogP contribution in [-0.4, -0.2) is 11.2 Å². The number of nitrogens with two attached hydrogens (primary N) is 1. The second kappa shape index (κ2) is 4.08. The molecule has 0 fully saturated rings. The number of anilines is 1. The van der Waals surface area contributed by atoms with Crippen molar-refractivity contribution in [1.82, 2.24) is 4.57 Å². The summed E-state index contributed by atoms with van der Waals surface area (Å²) in [6.07, 6.45) is 0.884. The topological polar surface area (TPSA) is 57.2 Å². The highest BCUT2D eigenvalue weighted by molar-refractivity contribution is 5.40. The first kappa shape index (κ1) is 10.5. The molecule has 0 spiro atoms. The van der Waals surface area contributed by atoms with Crippen LogP contribution in [0.4, 0.5) is 14.5 Å². The van der Waals surface area contributed by atoms with E-state index < -0.39 is 12.1 Å². The van der Waals surface area contributed by atoms with Gasteiger partial charge in [-0.2, -0.15) is 8.78 Å². The van der Waals surface area contributed by atoms with E-state index in [1.165, 1.54) is 6.07 Å². The SMILES string of the molecule is CCOc1cc(N)cn(C(F)F)c1=O. The molecular formula is C8H10F2N2O2. The highest BCUT2D eigenvalue weighted by Crippen LogP contribution is 2.14. The van der Waals surface area contributed by atoms with Crippen molar-refractivity contribution in [3.63, 3.8) is 0 Å². The van der Waals surface area contributed by atoms with E-state index >= 15 is 0 Å². The smallest absolute Gasteiger partial charge is 0.321 e. The van der Waals surface area contributed by atoms with Gasteiger partial charge < -0.3 is 10.5 Å². The third-order valence-corrected chi connectivity index (χ3v) is 1.54. The number of pyridine rings is 1. The van der Waals surface area contributed by atoms with Crippen molar-refractivity contribution in [2.24, 2.45) is 0 Å². The summed E-state index contributed by atoms with van der Waals surface area (Å²) >= 11 is 0. The van der Waals surface area contributed by atoms with Crippen molar-refractivity contribution in [2.45, 2.75) is 13.5 Å². The molecule has 2 N–H and O–H groups in total. The van der Waals surface area contributed by atoms with E-state index in [1.54, 1.807) is 6.92 Å². The maximum Gasteiger partial charge on any atom is 0.321 e. The summed E-state index contributed by atoms with van der Waals surface area (Å²) in [5, 5.41) is 0. The Balaban J connectivity index is 3.25. The predicted octanol–water partition coefficient (Wildman–Crippen LogP) is 1.22. The molecule has 1 heterocycles. The number of halogens is 2. The van der Waals surface area contributed by atoms with Crippen LogP contribution in [0.1, 0.15) is 13.5 Å². The predicted molar refractivity (Wildman–Crippen MR) is 47.5 cm³/mol. The van der Waals surface area contributed by atoms with E-state index in [4.69, 9.17) is 10.5 Å². The standard InChI is InChI=1S/C8H10F2N2O2/c1-2-14-6-3-5(11)4-12(7(6)13)8(9)10/h3-4,8H,2,11H2,1H3. The van der Waals surface area contributed by atoms with E-state index in [2.05, 4.69) is 0 Å². The lowest BCUT2D eigenvalue weighted by atomic mass is 10.4. The molecule has 0 aliphatic heterocycles. The molecule has 0 unspecified atom stereocenters. The van der Waals surface area contributed by atoms with Gasteiger partial charge >= 0.3 is 6.55 Å². The molecule has 0 saturated heterocycles. The number of alkyl halides is 2. The van der Waals surface area contributed by atoms with Crippen LogP contribution in [0.2, 0.25) is 0 Å². The lowest BCUT2D eigenvalue weighted by molar-refractivity contribution is 0.0653. The Morgan fingerprint density at radius 3 is 2.79 bits per heavy atom. The van der Waals surface area contributed by atoms with Gasteiger partial charge in [0.05, 0.1) is 12.3 Å². The summed E-state index contributed by atoms with van der Waals surface area (Å²) in [5.74, 6) is -0.159. The van der Waals surface area contributed by atoms with Gasteiger partial charge in [-0.25, -0.2) is 0 Å². The minimum Gasteiger partial charge on any atom is -0.488 e. The molecule has 0 bridgehead atoms. The first-order chi connectivity index (χ1) is 6.56. The van der Waals surface area contributed by atoms with Crippen molar-refractivity contribution in [2.75, 3.05) is 12.3 Å². The second-order valence-corrected chi connectivity index (χ2v) is 2.56. The maximum atomic E-state index is 12.3. The van der Waals surface area contributed by atoms with Crippen molar-refractivity contribution < 1.29 is 13.5 Å². The summed E-state index contributed by atoms with van der Waals surface area (Å²) in [6, 6.07) is 1.23. The Labute approximate surface area is 78.9 Å². The van der Waals surface area contributed by atoms with Crippen LogP contribution in [0.3, 0.4) is 0 Å². The van der Waals surface area contributed by atoms with Gasteiger partial charge in [0.25, 0.3) is 5.56 Å². The van der Waals surface area contributed by atoms with Crippen LogP contribution in [0.5, 0.6) is 5.75 Å². The van der Waals surface area contributed by atoms with Gasteiger partial charge in [-0.3, -0.25) is 9.36 Å². The minimum absolute atomic E-state index is 0.0633. The number of hydrogen-bond donors (Lipinski definition) is 1. The normalized spacial score (nSPS) is 10.6. The van der Waals surface area contributed by atoms with Crippen LogP contribution >= 0.6 is 0 Å². The molecule has 6 heteroatoms.